The Labute approximate surface area is 151 Å². The maximum absolute atomic E-state index is 4.69. The van der Waals surface area contributed by atoms with E-state index in [1.54, 1.807) is 6.20 Å². The van der Waals surface area contributed by atoms with Crippen LogP contribution in [0.25, 0.3) is 27.8 Å². The van der Waals surface area contributed by atoms with Crippen LogP contribution in [0.15, 0.2) is 43.1 Å². The Balaban J connectivity index is 1.44. The van der Waals surface area contributed by atoms with Crippen LogP contribution in [0.2, 0.25) is 0 Å². The number of anilines is 1. The van der Waals surface area contributed by atoms with Crippen molar-refractivity contribution in [1.29, 1.82) is 0 Å². The topological polar surface area (TPSA) is 70.9 Å². The smallest absolute Gasteiger partial charge is 0.224 e. The molecule has 132 valence electrons. The van der Waals surface area contributed by atoms with Gasteiger partial charge in [0.15, 0.2) is 0 Å². The lowest BCUT2D eigenvalue weighted by Gasteiger charge is -2.26. The molecule has 4 aromatic heterocycles. The van der Waals surface area contributed by atoms with E-state index in [0.717, 1.165) is 39.7 Å². The molecule has 0 bridgehead atoms. The molecular weight excluding hydrogens is 324 g/mol. The third-order valence-corrected chi connectivity index (χ3v) is 5.48. The molecule has 0 atom stereocenters. The van der Waals surface area contributed by atoms with Gasteiger partial charge in [0.25, 0.3) is 0 Å². The molecule has 0 aromatic carbocycles. The normalized spacial score (nSPS) is 20.7. The van der Waals surface area contributed by atoms with Crippen molar-refractivity contribution in [3.63, 3.8) is 0 Å². The van der Waals surface area contributed by atoms with E-state index in [1.165, 1.54) is 25.7 Å². The zero-order valence-electron chi connectivity index (χ0n) is 14.8. The molecule has 0 radical (unpaired) electrons. The van der Waals surface area contributed by atoms with Crippen LogP contribution in [0.5, 0.6) is 0 Å². The van der Waals surface area contributed by atoms with Gasteiger partial charge >= 0.3 is 0 Å². The lowest BCUT2D eigenvalue weighted by molar-refractivity contribution is 0.360. The van der Waals surface area contributed by atoms with Gasteiger partial charge in [-0.05, 0) is 43.7 Å². The van der Waals surface area contributed by atoms with Gasteiger partial charge in [-0.15, -0.1) is 0 Å². The number of nitrogens with zero attached hydrogens (tertiary/aromatic N) is 4. The standard InChI is InChI=1S/C20H22N6/c1-13-2-5-15(6-3-13)24-20-23-11-17-16(10-22-19(17)25-20)14-4-7-18-21-8-9-26(18)12-14/h4,7-13,15H,2-3,5-6H2,1H3,(H2,22,23,24,25). The van der Waals surface area contributed by atoms with Crippen molar-refractivity contribution in [3.8, 4) is 11.1 Å². The molecule has 0 spiro atoms. The number of hydrogen-bond donors (Lipinski definition) is 2. The van der Waals surface area contributed by atoms with Gasteiger partial charge in [-0.1, -0.05) is 6.92 Å². The van der Waals surface area contributed by atoms with Crippen molar-refractivity contribution >= 4 is 22.6 Å². The Morgan fingerprint density at radius 1 is 1.15 bits per heavy atom. The second kappa shape index (κ2) is 6.12. The van der Waals surface area contributed by atoms with Gasteiger partial charge in [0.05, 0.1) is 0 Å². The van der Waals surface area contributed by atoms with Gasteiger partial charge in [-0.2, -0.15) is 4.98 Å². The molecule has 0 amide bonds. The summed E-state index contributed by atoms with van der Waals surface area (Å²) in [7, 11) is 0. The summed E-state index contributed by atoms with van der Waals surface area (Å²) in [6.45, 7) is 2.33. The first-order chi connectivity index (χ1) is 12.8. The van der Waals surface area contributed by atoms with E-state index in [1.807, 2.05) is 29.1 Å². The fourth-order valence-electron chi connectivity index (χ4n) is 3.88. The van der Waals surface area contributed by atoms with Crippen molar-refractivity contribution < 1.29 is 0 Å². The number of nitrogens with one attached hydrogen (secondary N) is 2. The summed E-state index contributed by atoms with van der Waals surface area (Å²) < 4.78 is 2.02. The quantitative estimate of drug-likeness (QED) is 0.581. The third kappa shape index (κ3) is 2.71. The van der Waals surface area contributed by atoms with Crippen LogP contribution >= 0.6 is 0 Å². The number of fused-ring (bicyclic) bond motifs is 2. The van der Waals surface area contributed by atoms with Crippen LogP contribution < -0.4 is 5.32 Å². The maximum Gasteiger partial charge on any atom is 0.224 e. The summed E-state index contributed by atoms with van der Waals surface area (Å²) in [6.07, 6.45) is 14.7. The van der Waals surface area contributed by atoms with Gasteiger partial charge < -0.3 is 14.7 Å². The van der Waals surface area contributed by atoms with Gasteiger partial charge in [0.2, 0.25) is 5.95 Å². The summed E-state index contributed by atoms with van der Waals surface area (Å²) in [5, 5.41) is 4.54. The highest BCUT2D eigenvalue weighted by Gasteiger charge is 2.19. The minimum absolute atomic E-state index is 0.488. The minimum Gasteiger partial charge on any atom is -0.351 e. The largest absolute Gasteiger partial charge is 0.351 e. The summed E-state index contributed by atoms with van der Waals surface area (Å²) in [6, 6.07) is 4.59. The summed E-state index contributed by atoms with van der Waals surface area (Å²) in [5.41, 5.74) is 4.03. The molecule has 1 fully saturated rings. The van der Waals surface area contributed by atoms with Crippen LogP contribution in [0.3, 0.4) is 0 Å². The predicted octanol–water partition coefficient (Wildman–Crippen LogP) is 4.26. The van der Waals surface area contributed by atoms with E-state index in [2.05, 4.69) is 44.4 Å². The van der Waals surface area contributed by atoms with Gasteiger partial charge in [-0.25, -0.2) is 9.97 Å². The van der Waals surface area contributed by atoms with Crippen LogP contribution in [-0.2, 0) is 0 Å². The number of rotatable bonds is 3. The number of aromatic nitrogens is 5. The van der Waals surface area contributed by atoms with E-state index < -0.39 is 0 Å². The summed E-state index contributed by atoms with van der Waals surface area (Å²) in [5.74, 6) is 1.56. The molecule has 0 saturated heterocycles. The molecule has 6 heteroatoms. The average Bonchev–Trinajstić information content (AvgIpc) is 3.29. The Bertz CT molecular complexity index is 1050. The number of aromatic amines is 1. The van der Waals surface area contributed by atoms with E-state index >= 15 is 0 Å². The van der Waals surface area contributed by atoms with Crippen LogP contribution in [-0.4, -0.2) is 30.4 Å². The van der Waals surface area contributed by atoms with Gasteiger partial charge in [0.1, 0.15) is 11.3 Å². The number of imidazole rings is 1. The molecule has 1 aliphatic carbocycles. The zero-order valence-corrected chi connectivity index (χ0v) is 14.8. The Hall–Kier alpha value is -2.89. The first-order valence-electron chi connectivity index (χ1n) is 9.30. The van der Waals surface area contributed by atoms with E-state index in [-0.39, 0.29) is 0 Å². The van der Waals surface area contributed by atoms with Crippen molar-refractivity contribution in [2.75, 3.05) is 5.32 Å². The summed E-state index contributed by atoms with van der Waals surface area (Å²) >= 11 is 0. The van der Waals surface area contributed by atoms with Crippen LogP contribution in [0, 0.1) is 5.92 Å². The van der Waals surface area contributed by atoms with E-state index in [9.17, 15) is 0 Å². The lowest BCUT2D eigenvalue weighted by Crippen LogP contribution is -2.26. The molecule has 4 heterocycles. The third-order valence-electron chi connectivity index (χ3n) is 5.48. The fraction of sp³-hybridized carbons (Fsp3) is 0.350. The van der Waals surface area contributed by atoms with Crippen molar-refractivity contribution in [2.24, 2.45) is 5.92 Å². The molecule has 6 nitrogen and oxygen atoms in total. The highest BCUT2D eigenvalue weighted by Crippen LogP contribution is 2.29. The monoisotopic (exact) mass is 346 g/mol. The zero-order chi connectivity index (χ0) is 17.5. The maximum atomic E-state index is 4.69. The number of hydrogen-bond acceptors (Lipinski definition) is 4. The van der Waals surface area contributed by atoms with E-state index in [4.69, 9.17) is 0 Å². The molecule has 1 aliphatic rings. The van der Waals surface area contributed by atoms with Crippen molar-refractivity contribution in [1.82, 2.24) is 24.3 Å². The molecule has 2 N–H and O–H groups in total. The Morgan fingerprint density at radius 2 is 2.04 bits per heavy atom. The highest BCUT2D eigenvalue weighted by molar-refractivity contribution is 5.93. The lowest BCUT2D eigenvalue weighted by atomic mass is 9.87. The first-order valence-corrected chi connectivity index (χ1v) is 9.30. The molecule has 5 rings (SSSR count). The van der Waals surface area contributed by atoms with Crippen LogP contribution in [0.1, 0.15) is 32.6 Å². The second-order valence-corrected chi connectivity index (χ2v) is 7.37. The van der Waals surface area contributed by atoms with Gasteiger partial charge in [0, 0.05) is 53.5 Å². The molecule has 1 saturated carbocycles. The highest BCUT2D eigenvalue weighted by atomic mass is 15.1. The van der Waals surface area contributed by atoms with E-state index in [0.29, 0.717) is 6.04 Å². The SMILES string of the molecule is CC1CCC(Nc2ncc3c(-c4ccc5nccn5c4)c[nH]c3n2)CC1. The second-order valence-electron chi connectivity index (χ2n) is 7.37. The van der Waals surface area contributed by atoms with Crippen LogP contribution in [0.4, 0.5) is 5.95 Å². The molecule has 0 unspecified atom stereocenters. The molecule has 0 aliphatic heterocycles. The van der Waals surface area contributed by atoms with Crippen molar-refractivity contribution in [3.05, 3.63) is 43.1 Å². The average molecular weight is 346 g/mol. The Morgan fingerprint density at radius 3 is 2.92 bits per heavy atom. The van der Waals surface area contributed by atoms with Crippen molar-refractivity contribution in [2.45, 2.75) is 38.6 Å². The minimum atomic E-state index is 0.488. The molecule has 4 aromatic rings. The predicted molar refractivity (Wildman–Crippen MR) is 103 cm³/mol. The number of H-pyrrole nitrogens is 1. The number of pyridine rings is 1. The summed E-state index contributed by atoms with van der Waals surface area (Å²) in [4.78, 5) is 16.9. The fourth-order valence-corrected chi connectivity index (χ4v) is 3.88. The van der Waals surface area contributed by atoms with Gasteiger partial charge in [-0.3, -0.25) is 0 Å². The first kappa shape index (κ1) is 15.4. The molecular formula is C20H22N6. The molecule has 26 heavy (non-hydrogen) atoms. The Kier molecular flexibility index (Phi) is 3.62.